The summed E-state index contributed by atoms with van der Waals surface area (Å²) in [6.45, 7) is 0.875. The minimum Gasteiger partial charge on any atom is -0.311 e. The topological polar surface area (TPSA) is 12.0 Å². The van der Waals surface area contributed by atoms with Crippen molar-refractivity contribution < 1.29 is 8.78 Å². The van der Waals surface area contributed by atoms with E-state index in [0.717, 1.165) is 25.8 Å². The number of benzene rings is 1. The molecule has 0 spiro atoms. The van der Waals surface area contributed by atoms with Crippen molar-refractivity contribution in [1.82, 2.24) is 5.32 Å². The summed E-state index contributed by atoms with van der Waals surface area (Å²) < 4.78 is 27.2. The third-order valence-electron chi connectivity index (χ3n) is 3.20. The zero-order chi connectivity index (χ0) is 12.3. The highest BCUT2D eigenvalue weighted by atomic mass is 35.5. The van der Waals surface area contributed by atoms with Crippen molar-refractivity contribution >= 4 is 11.6 Å². The van der Waals surface area contributed by atoms with Gasteiger partial charge in [0, 0.05) is 12.5 Å². The molecule has 94 valence electrons. The first kappa shape index (κ1) is 12.8. The number of piperidine rings is 1. The molecule has 2 unspecified atom stereocenters. The molecule has 2 rings (SSSR count). The van der Waals surface area contributed by atoms with Gasteiger partial charge in [0.05, 0.1) is 5.02 Å². The molecule has 1 saturated heterocycles. The van der Waals surface area contributed by atoms with Crippen molar-refractivity contribution in [2.75, 3.05) is 6.54 Å². The van der Waals surface area contributed by atoms with Gasteiger partial charge in [-0.15, -0.1) is 0 Å². The van der Waals surface area contributed by atoms with Gasteiger partial charge in [0.15, 0.2) is 0 Å². The van der Waals surface area contributed by atoms with Crippen LogP contribution in [0.5, 0.6) is 0 Å². The number of halogens is 3. The van der Waals surface area contributed by atoms with Crippen molar-refractivity contribution in [3.8, 4) is 0 Å². The Morgan fingerprint density at radius 3 is 2.88 bits per heavy atom. The molecule has 0 aliphatic carbocycles. The van der Waals surface area contributed by atoms with Gasteiger partial charge in [-0.05, 0) is 37.1 Å². The van der Waals surface area contributed by atoms with Crippen molar-refractivity contribution in [3.63, 3.8) is 0 Å². The van der Waals surface area contributed by atoms with Gasteiger partial charge in [-0.1, -0.05) is 24.1 Å². The summed E-state index contributed by atoms with van der Waals surface area (Å²) >= 11 is 5.58. The van der Waals surface area contributed by atoms with Gasteiger partial charge in [-0.3, -0.25) is 0 Å². The second-order valence-corrected chi connectivity index (χ2v) is 4.93. The minimum atomic E-state index is -0.962. The third kappa shape index (κ3) is 3.39. The lowest BCUT2D eigenvalue weighted by Crippen LogP contribution is -2.42. The normalized spacial score (nSPS) is 22.4. The summed E-state index contributed by atoms with van der Waals surface area (Å²) in [6, 6.07) is 4.38. The largest absolute Gasteiger partial charge is 0.311 e. The highest BCUT2D eigenvalue weighted by molar-refractivity contribution is 6.30. The predicted octanol–water partition coefficient (Wildman–Crippen LogP) is 3.50. The van der Waals surface area contributed by atoms with E-state index >= 15 is 0 Å². The van der Waals surface area contributed by atoms with E-state index < -0.39 is 12.0 Å². The Kier molecular flexibility index (Phi) is 4.35. The van der Waals surface area contributed by atoms with Crippen molar-refractivity contribution in [1.29, 1.82) is 0 Å². The Bertz CT molecular complexity index is 378. The second-order valence-electron chi connectivity index (χ2n) is 4.52. The Labute approximate surface area is 105 Å². The maximum atomic E-state index is 14.0. The van der Waals surface area contributed by atoms with E-state index in [1.54, 1.807) is 6.07 Å². The van der Waals surface area contributed by atoms with Crippen LogP contribution < -0.4 is 5.32 Å². The molecule has 1 aromatic carbocycles. The molecule has 4 heteroatoms. The molecule has 0 amide bonds. The quantitative estimate of drug-likeness (QED) is 0.876. The van der Waals surface area contributed by atoms with Crippen LogP contribution in [0.15, 0.2) is 18.2 Å². The lowest BCUT2D eigenvalue weighted by molar-refractivity contribution is 0.217. The van der Waals surface area contributed by atoms with Crippen molar-refractivity contribution in [3.05, 3.63) is 34.6 Å². The fourth-order valence-corrected chi connectivity index (χ4v) is 2.34. The summed E-state index contributed by atoms with van der Waals surface area (Å²) in [4.78, 5) is 0. The van der Waals surface area contributed by atoms with Crippen molar-refractivity contribution in [2.45, 2.75) is 37.9 Å². The molecule has 2 atom stereocenters. The molecule has 1 aliphatic rings. The van der Waals surface area contributed by atoms with Gasteiger partial charge in [0.25, 0.3) is 0 Å². The molecule has 0 bridgehead atoms. The maximum Gasteiger partial charge on any atom is 0.142 e. The van der Waals surface area contributed by atoms with Crippen molar-refractivity contribution in [2.24, 2.45) is 0 Å². The van der Waals surface area contributed by atoms with E-state index in [-0.39, 0.29) is 17.5 Å². The van der Waals surface area contributed by atoms with Crippen LogP contribution in [0.4, 0.5) is 8.78 Å². The SMILES string of the molecule is Fc1cc(CC(F)C2CCCCN2)ccc1Cl. The Hall–Kier alpha value is -0.670. The number of hydrogen-bond acceptors (Lipinski definition) is 1. The third-order valence-corrected chi connectivity index (χ3v) is 3.51. The molecule has 1 heterocycles. The predicted molar refractivity (Wildman–Crippen MR) is 65.7 cm³/mol. The average Bonchev–Trinajstić information content (AvgIpc) is 2.35. The molecule has 1 nitrogen and oxygen atoms in total. The van der Waals surface area contributed by atoms with E-state index in [1.165, 1.54) is 12.1 Å². The van der Waals surface area contributed by atoms with Crippen LogP contribution in [0.25, 0.3) is 0 Å². The first-order valence-corrected chi connectivity index (χ1v) is 6.36. The van der Waals surface area contributed by atoms with Crippen LogP contribution >= 0.6 is 11.6 Å². The highest BCUT2D eigenvalue weighted by Gasteiger charge is 2.23. The molecule has 1 aliphatic heterocycles. The molecule has 0 aromatic heterocycles. The molecule has 0 saturated carbocycles. The zero-order valence-electron chi connectivity index (χ0n) is 9.56. The number of alkyl halides is 1. The number of rotatable bonds is 3. The molecule has 1 aromatic rings. The van der Waals surface area contributed by atoms with Crippen LogP contribution in [-0.2, 0) is 6.42 Å². The monoisotopic (exact) mass is 259 g/mol. The molecular formula is C13H16ClF2N. The van der Waals surface area contributed by atoms with E-state index in [2.05, 4.69) is 5.32 Å². The second kappa shape index (κ2) is 5.78. The molecule has 17 heavy (non-hydrogen) atoms. The molecule has 0 radical (unpaired) electrons. The van der Waals surface area contributed by atoms with Crippen LogP contribution in [0.2, 0.25) is 5.02 Å². The number of hydrogen-bond donors (Lipinski definition) is 1. The van der Waals surface area contributed by atoms with E-state index in [4.69, 9.17) is 11.6 Å². The minimum absolute atomic E-state index is 0.0833. The Morgan fingerprint density at radius 2 is 2.24 bits per heavy atom. The summed E-state index contributed by atoms with van der Waals surface area (Å²) in [5, 5.41) is 3.25. The van der Waals surface area contributed by atoms with Crippen LogP contribution in [0, 0.1) is 5.82 Å². The Morgan fingerprint density at radius 1 is 1.41 bits per heavy atom. The van der Waals surface area contributed by atoms with Crippen LogP contribution in [0.3, 0.4) is 0 Å². The maximum absolute atomic E-state index is 14.0. The highest BCUT2D eigenvalue weighted by Crippen LogP contribution is 2.20. The zero-order valence-corrected chi connectivity index (χ0v) is 10.3. The molecular weight excluding hydrogens is 244 g/mol. The standard InChI is InChI=1S/C13H16ClF2N/c14-10-5-4-9(7-11(10)15)8-12(16)13-3-1-2-6-17-13/h4-5,7,12-13,17H,1-3,6,8H2. The fraction of sp³-hybridized carbons (Fsp3) is 0.538. The summed E-state index contributed by atoms with van der Waals surface area (Å²) in [5.41, 5.74) is 0.659. The van der Waals surface area contributed by atoms with Gasteiger partial charge < -0.3 is 5.32 Å². The molecule has 1 N–H and O–H groups in total. The number of nitrogens with one attached hydrogen (secondary N) is 1. The average molecular weight is 260 g/mol. The van der Waals surface area contributed by atoms with Gasteiger partial charge in [0.2, 0.25) is 0 Å². The van der Waals surface area contributed by atoms with E-state index in [0.29, 0.717) is 5.56 Å². The first-order chi connectivity index (χ1) is 8.16. The van der Waals surface area contributed by atoms with Crippen LogP contribution in [0.1, 0.15) is 24.8 Å². The first-order valence-electron chi connectivity index (χ1n) is 5.98. The summed E-state index contributed by atoms with van der Waals surface area (Å²) in [6.07, 6.45) is 2.31. The Balaban J connectivity index is 1.96. The van der Waals surface area contributed by atoms with Crippen LogP contribution in [-0.4, -0.2) is 18.8 Å². The van der Waals surface area contributed by atoms with E-state index in [9.17, 15) is 8.78 Å². The summed E-state index contributed by atoms with van der Waals surface area (Å²) in [7, 11) is 0. The molecule has 1 fully saturated rings. The lowest BCUT2D eigenvalue weighted by atomic mass is 9.96. The lowest BCUT2D eigenvalue weighted by Gasteiger charge is -2.26. The van der Waals surface area contributed by atoms with Gasteiger partial charge in [0.1, 0.15) is 12.0 Å². The van der Waals surface area contributed by atoms with Gasteiger partial charge in [-0.25, -0.2) is 8.78 Å². The van der Waals surface area contributed by atoms with Gasteiger partial charge in [-0.2, -0.15) is 0 Å². The fourth-order valence-electron chi connectivity index (χ4n) is 2.22. The van der Waals surface area contributed by atoms with Gasteiger partial charge >= 0.3 is 0 Å². The summed E-state index contributed by atoms with van der Waals surface area (Å²) in [5.74, 6) is -0.479. The smallest absolute Gasteiger partial charge is 0.142 e. The van der Waals surface area contributed by atoms with E-state index in [1.807, 2.05) is 0 Å².